The second-order valence-corrected chi connectivity index (χ2v) is 6.67. The summed E-state index contributed by atoms with van der Waals surface area (Å²) < 4.78 is 5.58. The fraction of sp³-hybridized carbons (Fsp3) is 0.500. The standard InChI is InChI=1S/C20H27N3O3/c1-2-16(22-20(25)18-14-21-11-5-13-26-18)8-9-19(24)23-12-10-15-6-3-4-7-17(15)23/h3-4,6-9,16,18,21H,2,5,10-14H2,1H3,(H,22,25)/b9-8+/t16-,18-/m0/s1. The van der Waals surface area contributed by atoms with Crippen molar-refractivity contribution in [2.75, 3.05) is 31.1 Å². The summed E-state index contributed by atoms with van der Waals surface area (Å²) >= 11 is 0. The highest BCUT2D eigenvalue weighted by Crippen LogP contribution is 2.27. The van der Waals surface area contributed by atoms with Crippen LogP contribution in [0.15, 0.2) is 36.4 Å². The molecule has 6 nitrogen and oxygen atoms in total. The first-order chi connectivity index (χ1) is 12.7. The maximum absolute atomic E-state index is 12.6. The number of rotatable bonds is 5. The van der Waals surface area contributed by atoms with Crippen LogP contribution in [0.5, 0.6) is 0 Å². The molecule has 0 bridgehead atoms. The molecule has 2 N–H and O–H groups in total. The lowest BCUT2D eigenvalue weighted by Crippen LogP contribution is -2.45. The zero-order valence-electron chi connectivity index (χ0n) is 15.2. The number of carbonyl (C=O) groups is 2. The van der Waals surface area contributed by atoms with E-state index in [4.69, 9.17) is 4.74 Å². The number of benzene rings is 1. The van der Waals surface area contributed by atoms with Crippen molar-refractivity contribution in [3.05, 3.63) is 42.0 Å². The Kier molecular flexibility index (Phi) is 6.41. The summed E-state index contributed by atoms with van der Waals surface area (Å²) in [6, 6.07) is 7.79. The highest BCUT2D eigenvalue weighted by Gasteiger charge is 2.24. The lowest BCUT2D eigenvalue weighted by molar-refractivity contribution is -0.132. The Labute approximate surface area is 154 Å². The van der Waals surface area contributed by atoms with Crippen LogP contribution in [-0.2, 0) is 20.7 Å². The minimum absolute atomic E-state index is 0.0463. The number of carbonyl (C=O) groups excluding carboxylic acids is 2. The number of hydrogen-bond acceptors (Lipinski definition) is 4. The Bertz CT molecular complexity index is 666. The highest BCUT2D eigenvalue weighted by molar-refractivity contribution is 6.03. The molecule has 3 rings (SSSR count). The number of hydrogen-bond donors (Lipinski definition) is 2. The van der Waals surface area contributed by atoms with Gasteiger partial charge in [0.1, 0.15) is 6.10 Å². The third kappa shape index (κ3) is 4.51. The van der Waals surface area contributed by atoms with Gasteiger partial charge in [-0.1, -0.05) is 31.2 Å². The largest absolute Gasteiger partial charge is 0.367 e. The van der Waals surface area contributed by atoms with Crippen molar-refractivity contribution in [2.24, 2.45) is 0 Å². The second kappa shape index (κ2) is 8.96. The van der Waals surface area contributed by atoms with Crippen LogP contribution in [0.4, 0.5) is 5.69 Å². The molecule has 2 aliphatic heterocycles. The molecule has 26 heavy (non-hydrogen) atoms. The molecular formula is C20H27N3O3. The molecule has 2 atom stereocenters. The van der Waals surface area contributed by atoms with E-state index in [1.807, 2.05) is 25.1 Å². The lowest BCUT2D eigenvalue weighted by atomic mass is 10.1. The molecule has 1 fully saturated rings. The Morgan fingerprint density at radius 1 is 1.42 bits per heavy atom. The molecule has 0 saturated carbocycles. The van der Waals surface area contributed by atoms with Gasteiger partial charge in [-0.2, -0.15) is 0 Å². The molecule has 2 amide bonds. The van der Waals surface area contributed by atoms with E-state index in [1.54, 1.807) is 17.1 Å². The van der Waals surface area contributed by atoms with Crippen LogP contribution in [-0.4, -0.2) is 50.2 Å². The van der Waals surface area contributed by atoms with Crippen LogP contribution in [0, 0.1) is 0 Å². The topological polar surface area (TPSA) is 70.7 Å². The average Bonchev–Trinajstić information content (AvgIpc) is 2.90. The maximum atomic E-state index is 12.6. The summed E-state index contributed by atoms with van der Waals surface area (Å²) in [5.74, 6) is -0.176. The number of para-hydroxylation sites is 1. The zero-order chi connectivity index (χ0) is 18.4. The zero-order valence-corrected chi connectivity index (χ0v) is 15.2. The summed E-state index contributed by atoms with van der Waals surface area (Å²) in [6.07, 6.45) is 5.39. The van der Waals surface area contributed by atoms with Crippen molar-refractivity contribution >= 4 is 17.5 Å². The quantitative estimate of drug-likeness (QED) is 0.782. The summed E-state index contributed by atoms with van der Waals surface area (Å²) in [6.45, 7) is 4.66. The van der Waals surface area contributed by atoms with E-state index in [1.165, 1.54) is 5.56 Å². The first-order valence-corrected chi connectivity index (χ1v) is 9.39. The lowest BCUT2D eigenvalue weighted by Gasteiger charge is -2.19. The monoisotopic (exact) mass is 357 g/mol. The normalized spacial score (nSPS) is 21.3. The number of fused-ring (bicyclic) bond motifs is 1. The summed E-state index contributed by atoms with van der Waals surface area (Å²) in [7, 11) is 0. The Hall–Kier alpha value is -2.18. The summed E-state index contributed by atoms with van der Waals surface area (Å²) in [5, 5.41) is 6.17. The maximum Gasteiger partial charge on any atom is 0.250 e. The van der Waals surface area contributed by atoms with Crippen LogP contribution in [0.25, 0.3) is 0 Å². The smallest absolute Gasteiger partial charge is 0.250 e. The van der Waals surface area contributed by atoms with Crippen molar-refractivity contribution in [2.45, 2.75) is 38.3 Å². The van der Waals surface area contributed by atoms with Gasteiger partial charge in [-0.3, -0.25) is 9.59 Å². The average molecular weight is 357 g/mol. The van der Waals surface area contributed by atoms with Crippen molar-refractivity contribution in [1.82, 2.24) is 10.6 Å². The number of nitrogens with one attached hydrogen (secondary N) is 2. The van der Waals surface area contributed by atoms with E-state index in [0.717, 1.165) is 25.1 Å². The minimum atomic E-state index is -0.471. The predicted octanol–water partition coefficient (Wildman–Crippen LogP) is 1.41. The molecule has 0 spiro atoms. The fourth-order valence-electron chi connectivity index (χ4n) is 3.30. The number of ether oxygens (including phenoxy) is 1. The van der Waals surface area contributed by atoms with E-state index in [2.05, 4.69) is 16.7 Å². The Morgan fingerprint density at radius 2 is 2.27 bits per heavy atom. The SMILES string of the molecule is CC[C@@H](/C=C/C(=O)N1CCc2ccccc21)NC(=O)[C@@H]1CNCCCO1. The van der Waals surface area contributed by atoms with Crippen molar-refractivity contribution in [3.63, 3.8) is 0 Å². The molecule has 0 radical (unpaired) electrons. The van der Waals surface area contributed by atoms with E-state index in [-0.39, 0.29) is 17.9 Å². The van der Waals surface area contributed by atoms with Crippen molar-refractivity contribution in [3.8, 4) is 0 Å². The number of nitrogens with zero attached hydrogens (tertiary/aromatic N) is 1. The minimum Gasteiger partial charge on any atom is -0.367 e. The molecule has 0 unspecified atom stereocenters. The van der Waals surface area contributed by atoms with E-state index >= 15 is 0 Å². The van der Waals surface area contributed by atoms with E-state index in [0.29, 0.717) is 26.1 Å². The van der Waals surface area contributed by atoms with Gasteiger partial charge in [0.05, 0.1) is 0 Å². The van der Waals surface area contributed by atoms with Gasteiger partial charge in [0.15, 0.2) is 0 Å². The van der Waals surface area contributed by atoms with Crippen LogP contribution < -0.4 is 15.5 Å². The van der Waals surface area contributed by atoms with E-state index in [9.17, 15) is 9.59 Å². The van der Waals surface area contributed by atoms with Gasteiger partial charge >= 0.3 is 0 Å². The second-order valence-electron chi connectivity index (χ2n) is 6.67. The molecule has 140 valence electrons. The van der Waals surface area contributed by atoms with Gasteiger partial charge < -0.3 is 20.3 Å². The van der Waals surface area contributed by atoms with Crippen molar-refractivity contribution in [1.29, 1.82) is 0 Å². The van der Waals surface area contributed by atoms with Gasteiger partial charge in [0.2, 0.25) is 0 Å². The van der Waals surface area contributed by atoms with Gasteiger partial charge in [-0.05, 0) is 37.4 Å². The number of anilines is 1. The molecule has 0 aliphatic carbocycles. The molecule has 2 heterocycles. The summed E-state index contributed by atoms with van der Waals surface area (Å²) in [5.41, 5.74) is 2.18. The predicted molar refractivity (Wildman–Crippen MR) is 101 cm³/mol. The molecule has 1 aromatic carbocycles. The third-order valence-electron chi connectivity index (χ3n) is 4.83. The van der Waals surface area contributed by atoms with Gasteiger partial charge in [0, 0.05) is 37.5 Å². The molecular weight excluding hydrogens is 330 g/mol. The van der Waals surface area contributed by atoms with Crippen LogP contribution in [0.3, 0.4) is 0 Å². The highest BCUT2D eigenvalue weighted by atomic mass is 16.5. The van der Waals surface area contributed by atoms with Crippen molar-refractivity contribution < 1.29 is 14.3 Å². The molecule has 6 heteroatoms. The van der Waals surface area contributed by atoms with Crippen LogP contribution in [0.1, 0.15) is 25.3 Å². The van der Waals surface area contributed by atoms with Gasteiger partial charge in [0.25, 0.3) is 11.8 Å². The molecule has 0 aromatic heterocycles. The molecule has 1 aromatic rings. The molecule has 2 aliphatic rings. The van der Waals surface area contributed by atoms with Crippen LogP contribution in [0.2, 0.25) is 0 Å². The molecule has 1 saturated heterocycles. The number of amides is 2. The first kappa shape index (κ1) is 18.6. The van der Waals surface area contributed by atoms with E-state index < -0.39 is 6.10 Å². The Balaban J connectivity index is 1.57. The fourth-order valence-corrected chi connectivity index (χ4v) is 3.30. The van der Waals surface area contributed by atoms with Crippen LogP contribution >= 0.6 is 0 Å². The van der Waals surface area contributed by atoms with Gasteiger partial charge in [-0.25, -0.2) is 0 Å². The summed E-state index contributed by atoms with van der Waals surface area (Å²) in [4.78, 5) is 26.7. The Morgan fingerprint density at radius 3 is 3.12 bits per heavy atom. The first-order valence-electron chi connectivity index (χ1n) is 9.39. The third-order valence-corrected chi connectivity index (χ3v) is 4.83. The van der Waals surface area contributed by atoms with Gasteiger partial charge in [-0.15, -0.1) is 0 Å².